The molecular weight excluding hydrogens is 337 g/mol. The number of phenolic OH excluding ortho intramolecular Hbond substituents is 1. The lowest BCUT2D eigenvalue weighted by atomic mass is 9.98. The number of aromatic nitrogens is 1. The molecular formula is C16H11Cl2N3O2. The molecule has 5 nitrogen and oxygen atoms in total. The summed E-state index contributed by atoms with van der Waals surface area (Å²) in [4.78, 5) is 12.2. The Kier molecular flexibility index (Phi) is 4.32. The van der Waals surface area contributed by atoms with E-state index in [0.717, 1.165) is 5.56 Å². The lowest BCUT2D eigenvalue weighted by Gasteiger charge is -2.15. The average Bonchev–Trinajstić information content (AvgIpc) is 3.03. The molecule has 0 fully saturated rings. The molecule has 1 aromatic carbocycles. The minimum atomic E-state index is -0.141. The highest BCUT2D eigenvalue weighted by Crippen LogP contribution is 2.45. The van der Waals surface area contributed by atoms with Gasteiger partial charge in [0.1, 0.15) is 5.15 Å². The van der Waals surface area contributed by atoms with E-state index in [-0.39, 0.29) is 16.5 Å². The molecule has 0 amide bonds. The molecule has 3 rings (SSSR count). The number of hydrogen-bond donors (Lipinski definition) is 1. The molecule has 2 aromatic rings. The van der Waals surface area contributed by atoms with Crippen LogP contribution >= 0.6 is 23.2 Å². The Bertz CT molecular complexity index is 847. The van der Waals surface area contributed by atoms with Crippen LogP contribution in [0.1, 0.15) is 5.56 Å². The largest absolute Gasteiger partial charge is 0.503 e. The molecule has 0 bridgehead atoms. The Hall–Kier alpha value is -2.37. The monoisotopic (exact) mass is 347 g/mol. The molecule has 1 N–H and O–H groups in total. The van der Waals surface area contributed by atoms with Crippen molar-refractivity contribution in [3.05, 3.63) is 46.0 Å². The number of methoxy groups -OCH3 is 1. The highest BCUT2D eigenvalue weighted by molar-refractivity contribution is 6.32. The summed E-state index contributed by atoms with van der Waals surface area (Å²) in [6.07, 6.45) is 6.51. The zero-order valence-corrected chi connectivity index (χ0v) is 13.5. The van der Waals surface area contributed by atoms with Gasteiger partial charge in [0, 0.05) is 24.2 Å². The molecule has 0 saturated heterocycles. The fourth-order valence-corrected chi connectivity index (χ4v) is 2.65. The molecule has 0 radical (unpaired) electrons. The number of aliphatic imine (C=N–C) groups is 2. The summed E-state index contributed by atoms with van der Waals surface area (Å²) in [6.45, 7) is 0. The van der Waals surface area contributed by atoms with E-state index in [9.17, 15) is 5.11 Å². The van der Waals surface area contributed by atoms with Crippen molar-refractivity contribution < 1.29 is 9.84 Å². The van der Waals surface area contributed by atoms with Crippen LogP contribution in [0.15, 0.2) is 40.2 Å². The minimum absolute atomic E-state index is 0.141. The van der Waals surface area contributed by atoms with E-state index < -0.39 is 0 Å². The second-order valence-electron chi connectivity index (χ2n) is 4.63. The van der Waals surface area contributed by atoms with Gasteiger partial charge in [-0.1, -0.05) is 23.2 Å². The molecule has 1 aliphatic heterocycles. The predicted molar refractivity (Wildman–Crippen MR) is 92.9 cm³/mol. The Morgan fingerprint density at radius 3 is 2.57 bits per heavy atom. The highest BCUT2D eigenvalue weighted by Gasteiger charge is 2.19. The second-order valence-corrected chi connectivity index (χ2v) is 5.43. The zero-order chi connectivity index (χ0) is 16.4. The van der Waals surface area contributed by atoms with Crippen molar-refractivity contribution in [2.45, 2.75) is 0 Å². The number of pyridine rings is 1. The van der Waals surface area contributed by atoms with Crippen LogP contribution in [-0.2, 0) is 0 Å². The van der Waals surface area contributed by atoms with Gasteiger partial charge >= 0.3 is 0 Å². The van der Waals surface area contributed by atoms with Crippen LogP contribution in [0.5, 0.6) is 11.5 Å². The van der Waals surface area contributed by atoms with E-state index in [1.54, 1.807) is 42.9 Å². The maximum absolute atomic E-state index is 10.2. The standard InChI is InChI=1S/C16H11Cl2N3O2/c1-23-16-14(9-2-3-19-12(18)7-9)10(6-11(17)15(16)22)8-13-20-4-5-21-13/h2-8,22H,1H3. The fourth-order valence-electron chi connectivity index (χ4n) is 2.27. The lowest BCUT2D eigenvalue weighted by molar-refractivity contribution is 0.375. The van der Waals surface area contributed by atoms with Crippen LogP contribution in [0.25, 0.3) is 17.2 Å². The first-order valence-electron chi connectivity index (χ1n) is 6.60. The normalized spacial score (nSPS) is 12.7. The SMILES string of the molecule is COc1c(O)c(Cl)cc(C=C2N=CC=N2)c1-c1ccnc(Cl)c1. The average molecular weight is 348 g/mol. The molecule has 0 aliphatic carbocycles. The summed E-state index contributed by atoms with van der Waals surface area (Å²) in [7, 11) is 1.46. The van der Waals surface area contributed by atoms with E-state index >= 15 is 0 Å². The van der Waals surface area contributed by atoms with Gasteiger partial charge in [0.15, 0.2) is 17.3 Å². The van der Waals surface area contributed by atoms with Crippen LogP contribution in [-0.4, -0.2) is 29.6 Å². The summed E-state index contributed by atoms with van der Waals surface area (Å²) in [6, 6.07) is 5.07. The van der Waals surface area contributed by atoms with Gasteiger partial charge in [0.05, 0.1) is 12.1 Å². The molecule has 0 unspecified atom stereocenters. The Balaban J connectivity index is 2.30. The zero-order valence-electron chi connectivity index (χ0n) is 12.0. The first-order valence-corrected chi connectivity index (χ1v) is 7.35. The van der Waals surface area contributed by atoms with Crippen molar-refractivity contribution in [1.82, 2.24) is 4.98 Å². The van der Waals surface area contributed by atoms with Gasteiger partial charge in [-0.05, 0) is 35.4 Å². The van der Waals surface area contributed by atoms with E-state index in [0.29, 0.717) is 22.1 Å². The van der Waals surface area contributed by atoms with Gasteiger partial charge < -0.3 is 9.84 Å². The summed E-state index contributed by atoms with van der Waals surface area (Å²) >= 11 is 12.1. The van der Waals surface area contributed by atoms with Crippen molar-refractivity contribution in [3.8, 4) is 22.6 Å². The molecule has 1 aromatic heterocycles. The maximum atomic E-state index is 10.2. The smallest absolute Gasteiger partial charge is 0.177 e. The van der Waals surface area contributed by atoms with Crippen LogP contribution in [0, 0.1) is 0 Å². The molecule has 0 spiro atoms. The molecule has 116 valence electrons. The van der Waals surface area contributed by atoms with Gasteiger partial charge in [0.25, 0.3) is 0 Å². The molecule has 1 aliphatic rings. The van der Waals surface area contributed by atoms with Gasteiger partial charge in [-0.2, -0.15) is 0 Å². The summed E-state index contributed by atoms with van der Waals surface area (Å²) in [5.41, 5.74) is 2.05. The number of phenols is 1. The van der Waals surface area contributed by atoms with Gasteiger partial charge in [-0.3, -0.25) is 0 Å². The number of hydrogen-bond acceptors (Lipinski definition) is 5. The number of benzene rings is 1. The highest BCUT2D eigenvalue weighted by atomic mass is 35.5. The summed E-state index contributed by atoms with van der Waals surface area (Å²) in [5, 5.41) is 10.7. The third-order valence-electron chi connectivity index (χ3n) is 3.22. The summed E-state index contributed by atoms with van der Waals surface area (Å²) in [5.74, 6) is 0.630. The molecule has 2 heterocycles. The molecule has 0 atom stereocenters. The topological polar surface area (TPSA) is 67.1 Å². The van der Waals surface area contributed by atoms with Gasteiger partial charge in [0.2, 0.25) is 0 Å². The van der Waals surface area contributed by atoms with E-state index in [1.165, 1.54) is 7.11 Å². The predicted octanol–water partition coefficient (Wildman–Crippen LogP) is 4.22. The number of halogens is 2. The van der Waals surface area contributed by atoms with E-state index in [1.807, 2.05) is 0 Å². The minimum Gasteiger partial charge on any atom is -0.503 e. The van der Waals surface area contributed by atoms with E-state index in [4.69, 9.17) is 27.9 Å². The molecule has 23 heavy (non-hydrogen) atoms. The Morgan fingerprint density at radius 1 is 1.17 bits per heavy atom. The van der Waals surface area contributed by atoms with Gasteiger partial charge in [-0.15, -0.1) is 0 Å². The van der Waals surface area contributed by atoms with E-state index in [2.05, 4.69) is 15.0 Å². The third kappa shape index (κ3) is 3.06. The number of aromatic hydroxyl groups is 1. The third-order valence-corrected chi connectivity index (χ3v) is 3.72. The van der Waals surface area contributed by atoms with Crippen molar-refractivity contribution >= 4 is 41.7 Å². The molecule has 0 saturated carbocycles. The second kappa shape index (κ2) is 6.40. The number of rotatable bonds is 3. The van der Waals surface area contributed by atoms with Crippen molar-refractivity contribution in [1.29, 1.82) is 0 Å². The Morgan fingerprint density at radius 2 is 1.91 bits per heavy atom. The van der Waals surface area contributed by atoms with Crippen molar-refractivity contribution in [2.24, 2.45) is 9.98 Å². The lowest BCUT2D eigenvalue weighted by Crippen LogP contribution is -1.94. The van der Waals surface area contributed by atoms with Crippen LogP contribution in [0.2, 0.25) is 10.2 Å². The summed E-state index contributed by atoms with van der Waals surface area (Å²) < 4.78 is 5.35. The molecule has 7 heteroatoms. The van der Waals surface area contributed by atoms with Crippen LogP contribution < -0.4 is 4.74 Å². The number of nitrogens with zero attached hydrogens (tertiary/aromatic N) is 3. The first kappa shape index (κ1) is 15.5. The van der Waals surface area contributed by atoms with Crippen molar-refractivity contribution in [3.63, 3.8) is 0 Å². The van der Waals surface area contributed by atoms with Crippen LogP contribution in [0.4, 0.5) is 0 Å². The van der Waals surface area contributed by atoms with Crippen molar-refractivity contribution in [2.75, 3.05) is 7.11 Å². The van der Waals surface area contributed by atoms with Crippen LogP contribution in [0.3, 0.4) is 0 Å². The fraction of sp³-hybridized carbons (Fsp3) is 0.0625. The maximum Gasteiger partial charge on any atom is 0.177 e. The van der Waals surface area contributed by atoms with Gasteiger partial charge in [-0.25, -0.2) is 15.0 Å². The Labute approximate surface area is 142 Å². The quantitative estimate of drug-likeness (QED) is 0.845. The number of ether oxygens (including phenoxy) is 1. The first-order chi connectivity index (χ1) is 11.1.